The van der Waals surface area contributed by atoms with Crippen LogP contribution in [0.4, 0.5) is 0 Å². The number of hydrogen-bond acceptors (Lipinski definition) is 0. The normalized spacial score (nSPS) is 12.3. The summed E-state index contributed by atoms with van der Waals surface area (Å²) in [6.07, 6.45) is 0. The molecule has 0 fully saturated rings. The van der Waals surface area contributed by atoms with Crippen molar-refractivity contribution in [2.75, 3.05) is 0 Å². The van der Waals surface area contributed by atoms with E-state index in [0.29, 0.717) is 5.66 Å². The van der Waals surface area contributed by atoms with E-state index in [-0.39, 0.29) is 7.92 Å². The zero-order valence-corrected chi connectivity index (χ0v) is 13.1. The van der Waals surface area contributed by atoms with Gasteiger partial charge in [-0.2, -0.15) is 0 Å². The summed E-state index contributed by atoms with van der Waals surface area (Å²) in [5, 5.41) is 2.88. The van der Waals surface area contributed by atoms with Crippen LogP contribution in [0, 0.1) is 0 Å². The number of benzene rings is 3. The van der Waals surface area contributed by atoms with Gasteiger partial charge >= 0.3 is 0 Å². The quantitative estimate of drug-likeness (QED) is 0.601. The van der Waals surface area contributed by atoms with Crippen molar-refractivity contribution in [2.24, 2.45) is 0 Å². The lowest BCUT2D eigenvalue weighted by Gasteiger charge is -2.26. The van der Waals surface area contributed by atoms with E-state index in [9.17, 15) is 0 Å². The van der Waals surface area contributed by atoms with Crippen LogP contribution in [0.2, 0.25) is 0 Å². The molecule has 0 heterocycles. The lowest BCUT2D eigenvalue weighted by molar-refractivity contribution is 1.09. The van der Waals surface area contributed by atoms with Gasteiger partial charge in [-0.3, -0.25) is 0 Å². The van der Waals surface area contributed by atoms with Gasteiger partial charge in [0.2, 0.25) is 0 Å². The Labute approximate surface area is 128 Å². The molecule has 104 valence electrons. The van der Waals surface area contributed by atoms with Crippen molar-refractivity contribution in [2.45, 2.75) is 12.6 Å². The van der Waals surface area contributed by atoms with Gasteiger partial charge in [-0.25, -0.2) is 0 Å². The molecule has 0 bridgehead atoms. The van der Waals surface area contributed by atoms with E-state index in [1.165, 1.54) is 16.2 Å². The third-order valence-electron chi connectivity index (χ3n) is 3.74. The molecule has 3 aromatic carbocycles. The fourth-order valence-corrected chi connectivity index (χ4v) is 5.30. The molecule has 0 N–H and O–H groups in total. The van der Waals surface area contributed by atoms with Gasteiger partial charge in [0.1, 0.15) is 0 Å². The van der Waals surface area contributed by atoms with E-state index in [2.05, 4.69) is 97.9 Å². The van der Waals surface area contributed by atoms with Crippen LogP contribution in [-0.2, 0) is 0 Å². The average molecular weight is 290 g/mol. The van der Waals surface area contributed by atoms with Gasteiger partial charge in [0, 0.05) is 5.66 Å². The summed E-state index contributed by atoms with van der Waals surface area (Å²) in [4.78, 5) is 0. The number of hydrogen-bond donors (Lipinski definition) is 0. The molecule has 0 aromatic heterocycles. The van der Waals surface area contributed by atoms with E-state index >= 15 is 0 Å². The molecule has 0 aliphatic rings. The second-order valence-corrected chi connectivity index (χ2v) is 7.68. The van der Waals surface area contributed by atoms with Crippen LogP contribution in [0.5, 0.6) is 0 Å². The lowest BCUT2D eigenvalue weighted by atomic mass is 10.2. The summed E-state index contributed by atoms with van der Waals surface area (Å²) in [7, 11) is -0.388. The summed E-state index contributed by atoms with van der Waals surface area (Å²) in [6.45, 7) is 2.35. The van der Waals surface area contributed by atoms with Crippen molar-refractivity contribution in [3.63, 3.8) is 0 Å². The first kappa shape index (κ1) is 14.0. The minimum Gasteiger partial charge on any atom is -0.0622 e. The molecule has 0 radical (unpaired) electrons. The molecule has 1 heteroatoms. The first-order valence-electron chi connectivity index (χ1n) is 7.30. The fourth-order valence-electron chi connectivity index (χ4n) is 2.65. The molecule has 21 heavy (non-hydrogen) atoms. The van der Waals surface area contributed by atoms with Crippen LogP contribution in [0.1, 0.15) is 18.1 Å². The zero-order chi connectivity index (χ0) is 14.5. The fraction of sp³-hybridized carbons (Fsp3) is 0.100. The van der Waals surface area contributed by atoms with E-state index in [1.54, 1.807) is 0 Å². The highest BCUT2D eigenvalue weighted by atomic mass is 31.1. The van der Waals surface area contributed by atoms with Gasteiger partial charge in [-0.15, -0.1) is 0 Å². The molecule has 1 atom stereocenters. The smallest absolute Gasteiger partial charge is 0.00936 e. The Morgan fingerprint density at radius 3 is 1.38 bits per heavy atom. The highest BCUT2D eigenvalue weighted by Gasteiger charge is 2.21. The molecule has 0 spiro atoms. The van der Waals surface area contributed by atoms with Crippen LogP contribution in [0.3, 0.4) is 0 Å². The van der Waals surface area contributed by atoms with Crippen LogP contribution in [-0.4, -0.2) is 0 Å². The molecule has 3 rings (SSSR count). The second kappa shape index (κ2) is 6.70. The highest BCUT2D eigenvalue weighted by Crippen LogP contribution is 2.48. The van der Waals surface area contributed by atoms with Crippen molar-refractivity contribution in [3.05, 3.63) is 96.6 Å². The Hall–Kier alpha value is -1.91. The first-order chi connectivity index (χ1) is 10.4. The van der Waals surface area contributed by atoms with Crippen LogP contribution < -0.4 is 10.6 Å². The van der Waals surface area contributed by atoms with Gasteiger partial charge in [0.05, 0.1) is 0 Å². The summed E-state index contributed by atoms with van der Waals surface area (Å²) in [5.74, 6) is 0. The van der Waals surface area contributed by atoms with E-state index in [0.717, 1.165) is 0 Å². The summed E-state index contributed by atoms with van der Waals surface area (Å²) in [6, 6.07) is 32.6. The van der Waals surface area contributed by atoms with E-state index in [1.807, 2.05) is 0 Å². The molecule has 0 aliphatic carbocycles. The van der Waals surface area contributed by atoms with Crippen LogP contribution in [0.25, 0.3) is 0 Å². The summed E-state index contributed by atoms with van der Waals surface area (Å²) >= 11 is 0. The summed E-state index contributed by atoms with van der Waals surface area (Å²) < 4.78 is 0. The predicted octanol–water partition coefficient (Wildman–Crippen LogP) is 4.88. The second-order valence-electron chi connectivity index (χ2n) is 5.13. The topological polar surface area (TPSA) is 0 Å². The molecule has 0 saturated heterocycles. The lowest BCUT2D eigenvalue weighted by Crippen LogP contribution is -2.15. The van der Waals surface area contributed by atoms with Gasteiger partial charge in [-0.1, -0.05) is 97.9 Å². The molecular weight excluding hydrogens is 271 g/mol. The van der Waals surface area contributed by atoms with E-state index in [4.69, 9.17) is 0 Å². The van der Waals surface area contributed by atoms with Gasteiger partial charge < -0.3 is 0 Å². The molecule has 0 nitrogen and oxygen atoms in total. The van der Waals surface area contributed by atoms with Crippen molar-refractivity contribution in [1.29, 1.82) is 0 Å². The maximum Gasteiger partial charge on any atom is 0.00936 e. The Morgan fingerprint density at radius 1 is 0.571 bits per heavy atom. The average Bonchev–Trinajstić information content (AvgIpc) is 2.58. The van der Waals surface area contributed by atoms with Crippen LogP contribution in [0.15, 0.2) is 91.0 Å². The van der Waals surface area contributed by atoms with Crippen molar-refractivity contribution >= 4 is 18.5 Å². The minimum absolute atomic E-state index is 0.388. The zero-order valence-electron chi connectivity index (χ0n) is 12.2. The maximum atomic E-state index is 2.35. The molecule has 1 unspecified atom stereocenters. The minimum atomic E-state index is -0.388. The maximum absolute atomic E-state index is 2.35. The predicted molar refractivity (Wildman–Crippen MR) is 93.9 cm³/mol. The van der Waals surface area contributed by atoms with E-state index < -0.39 is 0 Å². The molecular formula is C20H19P. The monoisotopic (exact) mass is 290 g/mol. The number of rotatable bonds is 4. The Kier molecular flexibility index (Phi) is 4.48. The summed E-state index contributed by atoms with van der Waals surface area (Å²) in [5.41, 5.74) is 1.92. The highest BCUT2D eigenvalue weighted by molar-refractivity contribution is 7.73. The van der Waals surface area contributed by atoms with Crippen molar-refractivity contribution in [1.82, 2.24) is 0 Å². The van der Waals surface area contributed by atoms with Gasteiger partial charge in [0.25, 0.3) is 0 Å². The van der Waals surface area contributed by atoms with Crippen molar-refractivity contribution in [3.8, 4) is 0 Å². The Balaban J connectivity index is 2.05. The first-order valence-corrected chi connectivity index (χ1v) is 8.71. The molecule has 0 amide bonds. The largest absolute Gasteiger partial charge is 0.0622 e. The van der Waals surface area contributed by atoms with Gasteiger partial charge in [0.15, 0.2) is 0 Å². The SMILES string of the molecule is CC(c1ccccc1)P(c1ccccc1)c1ccccc1. The molecule has 0 saturated carbocycles. The molecule has 3 aromatic rings. The van der Waals surface area contributed by atoms with Gasteiger partial charge in [-0.05, 0) is 24.1 Å². The third kappa shape index (κ3) is 3.23. The molecule has 0 aliphatic heterocycles. The standard InChI is InChI=1S/C20H19P/c1-17(18-11-5-2-6-12-18)21(19-13-7-3-8-14-19)20-15-9-4-10-16-20/h2-17H,1H3. The third-order valence-corrected chi connectivity index (χ3v) is 6.52. The Morgan fingerprint density at radius 2 is 0.952 bits per heavy atom. The Bertz CT molecular complexity index is 622. The van der Waals surface area contributed by atoms with Crippen molar-refractivity contribution < 1.29 is 0 Å². The van der Waals surface area contributed by atoms with Crippen LogP contribution >= 0.6 is 7.92 Å².